The van der Waals surface area contributed by atoms with Crippen molar-refractivity contribution in [2.45, 2.75) is 51.5 Å². The smallest absolute Gasteiger partial charge is 0.0672 e. The third-order valence-electron chi connectivity index (χ3n) is 3.65. The van der Waals surface area contributed by atoms with E-state index < -0.39 is 0 Å². The Hall–Kier alpha value is -0.380. The monoisotopic (exact) mass is 254 g/mol. The molecule has 1 fully saturated rings. The minimum Gasteiger partial charge on any atom is -0.376 e. The molecule has 106 valence electrons. The summed E-state index contributed by atoms with van der Waals surface area (Å²) in [7, 11) is 0. The van der Waals surface area contributed by atoms with Crippen LogP contribution in [0.5, 0.6) is 0 Å². The van der Waals surface area contributed by atoms with E-state index in [1.165, 1.54) is 38.5 Å². The minimum absolute atomic E-state index is 0.460. The molecule has 0 bridgehead atoms. The Labute approximate surface area is 112 Å². The van der Waals surface area contributed by atoms with Crippen LogP contribution < -0.4 is 11.1 Å². The molecule has 0 heterocycles. The molecule has 3 N–H and O–H groups in total. The van der Waals surface area contributed by atoms with Gasteiger partial charge in [0.2, 0.25) is 0 Å². The van der Waals surface area contributed by atoms with Crippen LogP contribution in [0.15, 0.2) is 12.2 Å². The lowest BCUT2D eigenvalue weighted by molar-refractivity contribution is 0.153. The molecular weight excluding hydrogens is 224 g/mol. The van der Waals surface area contributed by atoms with Crippen LogP contribution in [0.4, 0.5) is 0 Å². The standard InChI is InChI=1S/C15H30N2O/c1-13(2)12-18-9-8-17-15(11-16)10-14-6-4-3-5-7-14/h14-15,17H,1,3-12,16H2,2H3. The van der Waals surface area contributed by atoms with Gasteiger partial charge in [-0.05, 0) is 19.3 Å². The predicted molar refractivity (Wildman–Crippen MR) is 77.7 cm³/mol. The van der Waals surface area contributed by atoms with Crippen molar-refractivity contribution in [3.05, 3.63) is 12.2 Å². The van der Waals surface area contributed by atoms with Crippen LogP contribution in [-0.2, 0) is 4.74 Å². The zero-order valence-electron chi connectivity index (χ0n) is 11.9. The molecule has 1 atom stereocenters. The topological polar surface area (TPSA) is 47.3 Å². The fourth-order valence-electron chi connectivity index (χ4n) is 2.67. The van der Waals surface area contributed by atoms with Gasteiger partial charge >= 0.3 is 0 Å². The molecule has 0 spiro atoms. The molecule has 3 nitrogen and oxygen atoms in total. The first kappa shape index (κ1) is 15.7. The van der Waals surface area contributed by atoms with Gasteiger partial charge in [0.05, 0.1) is 13.2 Å². The number of nitrogens with two attached hydrogens (primary N) is 1. The summed E-state index contributed by atoms with van der Waals surface area (Å²) >= 11 is 0. The van der Waals surface area contributed by atoms with Crippen LogP contribution in [-0.4, -0.2) is 32.3 Å². The Morgan fingerprint density at radius 2 is 2.11 bits per heavy atom. The van der Waals surface area contributed by atoms with Crippen LogP contribution in [0.2, 0.25) is 0 Å². The molecule has 1 saturated carbocycles. The highest BCUT2D eigenvalue weighted by Gasteiger charge is 2.17. The molecule has 1 unspecified atom stereocenters. The molecule has 0 aromatic heterocycles. The summed E-state index contributed by atoms with van der Waals surface area (Å²) in [5.41, 5.74) is 6.91. The normalized spacial score (nSPS) is 18.8. The molecule has 1 aliphatic rings. The van der Waals surface area contributed by atoms with Gasteiger partial charge in [-0.3, -0.25) is 0 Å². The molecule has 1 rings (SSSR count). The van der Waals surface area contributed by atoms with E-state index in [1.54, 1.807) is 0 Å². The van der Waals surface area contributed by atoms with E-state index in [1.807, 2.05) is 6.92 Å². The van der Waals surface area contributed by atoms with E-state index in [0.717, 1.165) is 31.2 Å². The molecule has 3 heteroatoms. The number of hydrogen-bond donors (Lipinski definition) is 2. The second-order valence-electron chi connectivity index (χ2n) is 5.64. The molecule has 0 aromatic rings. The minimum atomic E-state index is 0.460. The van der Waals surface area contributed by atoms with Gasteiger partial charge in [0, 0.05) is 19.1 Å². The van der Waals surface area contributed by atoms with Crippen LogP contribution in [0, 0.1) is 5.92 Å². The average molecular weight is 254 g/mol. The maximum Gasteiger partial charge on any atom is 0.0672 e. The Balaban J connectivity index is 2.07. The highest BCUT2D eigenvalue weighted by molar-refractivity contribution is 4.87. The van der Waals surface area contributed by atoms with Crippen molar-refractivity contribution in [3.8, 4) is 0 Å². The maximum absolute atomic E-state index is 5.84. The summed E-state index contributed by atoms with van der Waals surface area (Å²) in [5.74, 6) is 0.885. The van der Waals surface area contributed by atoms with E-state index in [-0.39, 0.29) is 0 Å². The molecule has 0 radical (unpaired) electrons. The van der Waals surface area contributed by atoms with Gasteiger partial charge < -0.3 is 15.8 Å². The molecule has 0 saturated heterocycles. The highest BCUT2D eigenvalue weighted by atomic mass is 16.5. The molecule has 1 aliphatic carbocycles. The number of hydrogen-bond acceptors (Lipinski definition) is 3. The van der Waals surface area contributed by atoms with Gasteiger partial charge in [-0.1, -0.05) is 44.3 Å². The summed E-state index contributed by atoms with van der Waals surface area (Å²) in [5, 5.41) is 3.51. The lowest BCUT2D eigenvalue weighted by Crippen LogP contribution is -2.39. The first-order chi connectivity index (χ1) is 8.72. The van der Waals surface area contributed by atoms with Gasteiger partial charge in [-0.2, -0.15) is 0 Å². The van der Waals surface area contributed by atoms with Gasteiger partial charge in [-0.25, -0.2) is 0 Å². The van der Waals surface area contributed by atoms with Gasteiger partial charge in [-0.15, -0.1) is 0 Å². The van der Waals surface area contributed by atoms with E-state index in [9.17, 15) is 0 Å². The van der Waals surface area contributed by atoms with Crippen molar-refractivity contribution >= 4 is 0 Å². The molecular formula is C15H30N2O. The summed E-state index contributed by atoms with van der Waals surface area (Å²) < 4.78 is 5.48. The Bertz CT molecular complexity index is 225. The first-order valence-electron chi connectivity index (χ1n) is 7.38. The number of nitrogens with one attached hydrogen (secondary N) is 1. The second-order valence-corrected chi connectivity index (χ2v) is 5.64. The van der Waals surface area contributed by atoms with Crippen LogP contribution >= 0.6 is 0 Å². The van der Waals surface area contributed by atoms with E-state index >= 15 is 0 Å². The van der Waals surface area contributed by atoms with E-state index in [2.05, 4.69) is 11.9 Å². The second kappa shape index (κ2) is 9.54. The summed E-state index contributed by atoms with van der Waals surface area (Å²) in [4.78, 5) is 0. The zero-order valence-corrected chi connectivity index (χ0v) is 11.9. The number of ether oxygens (including phenoxy) is 1. The van der Waals surface area contributed by atoms with Crippen LogP contribution in [0.3, 0.4) is 0 Å². The average Bonchev–Trinajstić information content (AvgIpc) is 2.38. The van der Waals surface area contributed by atoms with Crippen molar-refractivity contribution in [1.82, 2.24) is 5.32 Å². The fraction of sp³-hybridized carbons (Fsp3) is 0.867. The third-order valence-corrected chi connectivity index (χ3v) is 3.65. The molecule has 0 aromatic carbocycles. The lowest BCUT2D eigenvalue weighted by Gasteiger charge is -2.26. The molecule has 0 aliphatic heterocycles. The summed E-state index contributed by atoms with van der Waals surface area (Å²) in [6, 6.07) is 0.460. The van der Waals surface area contributed by atoms with Crippen molar-refractivity contribution in [2.24, 2.45) is 11.7 Å². The quantitative estimate of drug-likeness (QED) is 0.491. The Morgan fingerprint density at radius 1 is 1.39 bits per heavy atom. The Kier molecular flexibility index (Phi) is 8.31. The SMILES string of the molecule is C=C(C)COCCNC(CN)CC1CCCCC1. The molecule has 0 amide bonds. The summed E-state index contributed by atoms with van der Waals surface area (Å²) in [6.45, 7) is 8.83. The number of rotatable bonds is 9. The lowest BCUT2D eigenvalue weighted by atomic mass is 9.85. The maximum atomic E-state index is 5.84. The molecule has 18 heavy (non-hydrogen) atoms. The van der Waals surface area contributed by atoms with Crippen molar-refractivity contribution in [3.63, 3.8) is 0 Å². The predicted octanol–water partition coefficient (Wildman–Crippen LogP) is 2.47. The zero-order chi connectivity index (χ0) is 13.2. The van der Waals surface area contributed by atoms with Crippen molar-refractivity contribution < 1.29 is 4.74 Å². The van der Waals surface area contributed by atoms with E-state index in [4.69, 9.17) is 10.5 Å². The Morgan fingerprint density at radius 3 is 2.72 bits per heavy atom. The van der Waals surface area contributed by atoms with Gasteiger partial charge in [0.15, 0.2) is 0 Å². The van der Waals surface area contributed by atoms with Crippen LogP contribution in [0.1, 0.15) is 45.4 Å². The van der Waals surface area contributed by atoms with E-state index in [0.29, 0.717) is 12.6 Å². The van der Waals surface area contributed by atoms with Crippen molar-refractivity contribution in [2.75, 3.05) is 26.3 Å². The van der Waals surface area contributed by atoms with Gasteiger partial charge in [0.25, 0.3) is 0 Å². The first-order valence-corrected chi connectivity index (χ1v) is 7.38. The highest BCUT2D eigenvalue weighted by Crippen LogP contribution is 2.27. The largest absolute Gasteiger partial charge is 0.376 e. The summed E-state index contributed by atoms with van der Waals surface area (Å²) in [6.07, 6.45) is 8.25. The fourth-order valence-corrected chi connectivity index (χ4v) is 2.67. The van der Waals surface area contributed by atoms with Crippen molar-refractivity contribution in [1.29, 1.82) is 0 Å². The van der Waals surface area contributed by atoms with Gasteiger partial charge in [0.1, 0.15) is 0 Å². The third kappa shape index (κ3) is 7.14. The van der Waals surface area contributed by atoms with Crippen LogP contribution in [0.25, 0.3) is 0 Å².